The molecule has 0 aliphatic rings. The molecule has 0 saturated heterocycles. The Kier molecular flexibility index (Phi) is 19.9. The molecule has 0 heterocycles. The molecule has 0 fully saturated rings. The van der Waals surface area contributed by atoms with E-state index in [0.29, 0.717) is 0 Å². The normalized spacial score (nSPS) is 4.50. The Hall–Kier alpha value is 1.21. The molecule has 0 amide bonds. The zero-order valence-electron chi connectivity index (χ0n) is 2.79. The third-order valence-electron chi connectivity index (χ3n) is 0. The van der Waals surface area contributed by atoms with Crippen molar-refractivity contribution in [3.63, 3.8) is 0 Å². The number of hydrogen-bond acceptors (Lipinski definition) is 0. The summed E-state index contributed by atoms with van der Waals surface area (Å²) in [5.41, 5.74) is 0. The molecule has 0 bridgehead atoms. The molecular formula is C2H5CdCl. The molecule has 0 spiro atoms. The SMILES string of the molecule is CCCl.[Cd]. The van der Waals surface area contributed by atoms with Crippen LogP contribution in [-0.4, -0.2) is 5.88 Å². The average Bonchev–Trinajstić information content (AvgIpc) is 0.918. The second-order valence-electron chi connectivity index (χ2n) is 0.267. The van der Waals surface area contributed by atoms with Crippen molar-refractivity contribution in [2.75, 3.05) is 5.88 Å². The maximum Gasteiger partial charge on any atom is 0.0195 e. The van der Waals surface area contributed by atoms with Crippen LogP contribution in [0.4, 0.5) is 0 Å². The van der Waals surface area contributed by atoms with E-state index in [-0.39, 0.29) is 27.3 Å². The Bertz CT molecular complexity index is 6.00. The van der Waals surface area contributed by atoms with Crippen molar-refractivity contribution in [2.45, 2.75) is 6.92 Å². The van der Waals surface area contributed by atoms with Crippen LogP contribution in [0.15, 0.2) is 0 Å². The molecule has 0 rings (SSSR count). The van der Waals surface area contributed by atoms with Crippen molar-refractivity contribution in [1.29, 1.82) is 0 Å². The molecule has 22 valence electrons. The first-order chi connectivity index (χ1) is 1.41. The molecule has 0 aromatic carbocycles. The van der Waals surface area contributed by atoms with Gasteiger partial charge < -0.3 is 0 Å². The number of alkyl halides is 1. The van der Waals surface area contributed by atoms with Gasteiger partial charge in [0, 0.05) is 33.2 Å². The van der Waals surface area contributed by atoms with E-state index in [1.807, 2.05) is 6.92 Å². The second-order valence-corrected chi connectivity index (χ2v) is 0.802. The van der Waals surface area contributed by atoms with E-state index in [0.717, 1.165) is 5.88 Å². The fourth-order valence-electron chi connectivity index (χ4n) is 0. The minimum atomic E-state index is 0. The first kappa shape index (κ1) is 8.96. The van der Waals surface area contributed by atoms with E-state index in [4.69, 9.17) is 11.6 Å². The quantitative estimate of drug-likeness (QED) is 0.385. The minimum Gasteiger partial charge on any atom is -0.127 e. The van der Waals surface area contributed by atoms with Crippen LogP contribution in [0.25, 0.3) is 0 Å². The van der Waals surface area contributed by atoms with Gasteiger partial charge in [0.05, 0.1) is 0 Å². The summed E-state index contributed by atoms with van der Waals surface area (Å²) in [6, 6.07) is 0. The van der Waals surface area contributed by atoms with E-state index < -0.39 is 0 Å². The van der Waals surface area contributed by atoms with Gasteiger partial charge in [-0.15, -0.1) is 11.6 Å². The topological polar surface area (TPSA) is 0 Å². The summed E-state index contributed by atoms with van der Waals surface area (Å²) in [6.07, 6.45) is 0. The van der Waals surface area contributed by atoms with Gasteiger partial charge in [-0.3, -0.25) is 0 Å². The van der Waals surface area contributed by atoms with Gasteiger partial charge in [-0.2, -0.15) is 0 Å². The van der Waals surface area contributed by atoms with Crippen LogP contribution in [0.1, 0.15) is 6.92 Å². The molecule has 0 nitrogen and oxygen atoms in total. The van der Waals surface area contributed by atoms with Crippen LogP contribution in [-0.2, 0) is 27.3 Å². The molecule has 2 heteroatoms. The number of halogens is 1. The van der Waals surface area contributed by atoms with Crippen molar-refractivity contribution in [3.05, 3.63) is 0 Å². The Balaban J connectivity index is 0. The molecule has 0 N–H and O–H groups in total. The van der Waals surface area contributed by atoms with E-state index in [9.17, 15) is 0 Å². The smallest absolute Gasteiger partial charge is 0.0195 e. The largest absolute Gasteiger partial charge is 0.127 e. The Morgan fingerprint density at radius 1 is 1.75 bits per heavy atom. The average molecular weight is 177 g/mol. The van der Waals surface area contributed by atoms with Crippen LogP contribution in [0.5, 0.6) is 0 Å². The predicted octanol–water partition coefficient (Wildman–Crippen LogP) is 1.24. The standard InChI is InChI=1S/C2H5Cl.Cd/c1-2-3;/h2H2,1H3;. The Morgan fingerprint density at radius 2 is 1.75 bits per heavy atom. The second kappa shape index (κ2) is 8.88. The molecule has 0 aliphatic heterocycles. The molecule has 0 aromatic heterocycles. The van der Waals surface area contributed by atoms with Crippen molar-refractivity contribution in [1.82, 2.24) is 0 Å². The maximum absolute atomic E-state index is 5.00. The van der Waals surface area contributed by atoms with Gasteiger partial charge in [0.15, 0.2) is 0 Å². The monoisotopic (exact) mass is 178 g/mol. The summed E-state index contributed by atoms with van der Waals surface area (Å²) in [4.78, 5) is 0. The van der Waals surface area contributed by atoms with Crippen molar-refractivity contribution >= 4 is 11.6 Å². The van der Waals surface area contributed by atoms with E-state index in [1.165, 1.54) is 0 Å². The summed E-state index contributed by atoms with van der Waals surface area (Å²) in [6.45, 7) is 1.89. The van der Waals surface area contributed by atoms with Crippen LogP contribution in [0.3, 0.4) is 0 Å². The van der Waals surface area contributed by atoms with Gasteiger partial charge in [-0.25, -0.2) is 0 Å². The predicted molar refractivity (Wildman–Crippen MR) is 16.4 cm³/mol. The summed E-state index contributed by atoms with van der Waals surface area (Å²) in [5.74, 6) is 0.722. The van der Waals surface area contributed by atoms with Crippen LogP contribution >= 0.6 is 11.6 Å². The summed E-state index contributed by atoms with van der Waals surface area (Å²) in [5, 5.41) is 0. The van der Waals surface area contributed by atoms with Gasteiger partial charge in [-0.1, -0.05) is 6.92 Å². The molecule has 0 atom stereocenters. The van der Waals surface area contributed by atoms with Gasteiger partial charge in [0.25, 0.3) is 0 Å². The molecule has 0 aromatic rings. The van der Waals surface area contributed by atoms with Crippen LogP contribution in [0.2, 0.25) is 0 Å². The van der Waals surface area contributed by atoms with Gasteiger partial charge in [0.2, 0.25) is 0 Å². The minimum absolute atomic E-state index is 0. The molecule has 0 unspecified atom stereocenters. The number of hydrogen-bond donors (Lipinski definition) is 0. The zero-order chi connectivity index (χ0) is 2.71. The van der Waals surface area contributed by atoms with E-state index >= 15 is 0 Å². The molecule has 4 heavy (non-hydrogen) atoms. The summed E-state index contributed by atoms with van der Waals surface area (Å²) >= 11 is 5.00. The zero-order valence-corrected chi connectivity index (χ0v) is 7.58. The Labute approximate surface area is 51.7 Å². The van der Waals surface area contributed by atoms with Gasteiger partial charge in [0.1, 0.15) is 0 Å². The third kappa shape index (κ3) is 10.7. The fourth-order valence-corrected chi connectivity index (χ4v) is 0. The molecule has 0 radical (unpaired) electrons. The van der Waals surface area contributed by atoms with Gasteiger partial charge >= 0.3 is 0 Å². The van der Waals surface area contributed by atoms with Gasteiger partial charge in [-0.05, 0) is 0 Å². The Morgan fingerprint density at radius 3 is 1.75 bits per heavy atom. The molecule has 0 aliphatic carbocycles. The third-order valence-corrected chi connectivity index (χ3v) is 0. The van der Waals surface area contributed by atoms with Crippen molar-refractivity contribution in [3.8, 4) is 0 Å². The first-order valence-electron chi connectivity index (χ1n) is 0.974. The summed E-state index contributed by atoms with van der Waals surface area (Å²) < 4.78 is 0. The maximum atomic E-state index is 5.00. The van der Waals surface area contributed by atoms with E-state index in [1.54, 1.807) is 0 Å². The van der Waals surface area contributed by atoms with Crippen molar-refractivity contribution in [2.24, 2.45) is 0 Å². The number of rotatable bonds is 0. The molecular weight excluding hydrogens is 172 g/mol. The fraction of sp³-hybridized carbons (Fsp3) is 1.00. The summed E-state index contributed by atoms with van der Waals surface area (Å²) in [7, 11) is 0. The van der Waals surface area contributed by atoms with Crippen molar-refractivity contribution < 1.29 is 27.3 Å². The van der Waals surface area contributed by atoms with Crippen LogP contribution < -0.4 is 0 Å². The molecule has 0 saturated carbocycles. The van der Waals surface area contributed by atoms with Crippen LogP contribution in [0, 0.1) is 0 Å². The first-order valence-corrected chi connectivity index (χ1v) is 1.51. The van der Waals surface area contributed by atoms with E-state index in [2.05, 4.69) is 0 Å².